The first-order valence-electron chi connectivity index (χ1n) is 10.9. The number of aryl methyl sites for hydroxylation is 1. The third-order valence-corrected chi connectivity index (χ3v) is 5.46. The molecule has 0 radical (unpaired) electrons. The van der Waals surface area contributed by atoms with Crippen LogP contribution in [0.5, 0.6) is 0 Å². The normalized spacial score (nSPS) is 11.0. The maximum absolute atomic E-state index is 15.4. The summed E-state index contributed by atoms with van der Waals surface area (Å²) in [5, 5.41) is 11.7. The molecule has 35 heavy (non-hydrogen) atoms. The number of benzene rings is 2. The lowest BCUT2D eigenvalue weighted by atomic mass is 9.96. The zero-order valence-electron chi connectivity index (χ0n) is 19.4. The number of anilines is 2. The molecule has 0 saturated carbocycles. The van der Waals surface area contributed by atoms with Crippen LogP contribution in [-0.2, 0) is 21.4 Å². The van der Waals surface area contributed by atoms with Crippen LogP contribution in [0.2, 0.25) is 5.02 Å². The third-order valence-electron chi connectivity index (χ3n) is 5.15. The molecule has 0 saturated heterocycles. The van der Waals surface area contributed by atoms with Crippen molar-refractivity contribution >= 4 is 59.1 Å². The number of ether oxygens (including phenoxy) is 1. The molecule has 2 amide bonds. The van der Waals surface area contributed by atoms with Crippen LogP contribution in [0.15, 0.2) is 30.6 Å². The molecular formula is C22H26BClFN5O5. The van der Waals surface area contributed by atoms with Gasteiger partial charge >= 0.3 is 0 Å². The molecule has 0 aliphatic carbocycles. The summed E-state index contributed by atoms with van der Waals surface area (Å²) in [5.41, 5.74) is 5.73. The molecule has 0 fully saturated rings. The number of nitrogens with one attached hydrogen (secondary N) is 3. The number of amides is 2. The average Bonchev–Trinajstić information content (AvgIpc) is 3.21. The molecule has 10 nitrogen and oxygen atoms in total. The molecular weight excluding hydrogens is 480 g/mol. The molecule has 0 unspecified atom stereocenters. The summed E-state index contributed by atoms with van der Waals surface area (Å²) in [6.45, 7) is 0.654. The lowest BCUT2D eigenvalue weighted by Crippen LogP contribution is -2.26. The number of aromatic nitrogens is 2. The Morgan fingerprint density at radius 1 is 1.23 bits per heavy atom. The smallest absolute Gasteiger partial charge is 0.277 e. The molecule has 0 aliphatic rings. The Balaban J connectivity index is 1.63. The number of nitrogens with zero attached hydrogens (tertiary/aromatic N) is 2. The number of fused-ring (bicyclic) bond motifs is 1. The van der Waals surface area contributed by atoms with E-state index in [9.17, 15) is 9.59 Å². The van der Waals surface area contributed by atoms with Gasteiger partial charge in [0.15, 0.2) is 5.82 Å². The third kappa shape index (κ3) is 6.92. The highest BCUT2D eigenvalue weighted by atomic mass is 35.5. The quantitative estimate of drug-likeness (QED) is 0.128. The topological polar surface area (TPSA) is 127 Å². The minimum atomic E-state index is -0.692. The predicted molar refractivity (Wildman–Crippen MR) is 132 cm³/mol. The van der Waals surface area contributed by atoms with Gasteiger partial charge in [-0.3, -0.25) is 19.6 Å². The van der Waals surface area contributed by atoms with Crippen molar-refractivity contribution in [3.63, 3.8) is 0 Å². The van der Waals surface area contributed by atoms with Crippen LogP contribution in [0, 0.1) is 5.82 Å². The van der Waals surface area contributed by atoms with Gasteiger partial charge < -0.3 is 14.6 Å². The van der Waals surface area contributed by atoms with Crippen LogP contribution in [0.4, 0.5) is 15.8 Å². The van der Waals surface area contributed by atoms with E-state index in [4.69, 9.17) is 26.4 Å². The van der Waals surface area contributed by atoms with E-state index in [1.54, 1.807) is 29.2 Å². The summed E-state index contributed by atoms with van der Waals surface area (Å²) in [6.07, 6.45) is 2.85. The standard InChI is InChI=1S/C22H26BClFN5O5/c1-30-12-26-21-17(30)11-14(20(19(21)25)27-16-6-5-13(23)10-15(16)24)22(32)29-35-9-8-34-7-3-2-4-18(31)28-33/h5-6,10-12,27,33H,2-4,7-9,23H2,1H3,(H,28,31)(H,29,32). The van der Waals surface area contributed by atoms with Crippen LogP contribution >= 0.6 is 11.6 Å². The summed E-state index contributed by atoms with van der Waals surface area (Å²) in [5.74, 6) is -1.80. The average molecular weight is 506 g/mol. The van der Waals surface area contributed by atoms with E-state index in [-0.39, 0.29) is 36.4 Å². The van der Waals surface area contributed by atoms with Crippen LogP contribution in [-0.4, -0.2) is 54.2 Å². The van der Waals surface area contributed by atoms with E-state index in [1.165, 1.54) is 12.4 Å². The number of rotatable bonds is 12. The fourth-order valence-electron chi connectivity index (χ4n) is 3.30. The van der Waals surface area contributed by atoms with Crippen LogP contribution in [0.25, 0.3) is 11.0 Å². The Morgan fingerprint density at radius 2 is 2.03 bits per heavy atom. The highest BCUT2D eigenvalue weighted by Crippen LogP contribution is 2.32. The number of unbranched alkanes of at least 4 members (excludes halogenated alkanes) is 1. The van der Waals surface area contributed by atoms with Crippen molar-refractivity contribution in [1.82, 2.24) is 20.5 Å². The number of imidazole rings is 1. The summed E-state index contributed by atoms with van der Waals surface area (Å²) in [6, 6.07) is 6.76. The highest BCUT2D eigenvalue weighted by molar-refractivity contribution is 6.37. The Kier molecular flexibility index (Phi) is 9.43. The van der Waals surface area contributed by atoms with Gasteiger partial charge in [-0.05, 0) is 31.0 Å². The first kappa shape index (κ1) is 26.4. The second-order valence-electron chi connectivity index (χ2n) is 7.83. The molecule has 3 aromatic rings. The zero-order chi connectivity index (χ0) is 25.4. The van der Waals surface area contributed by atoms with Gasteiger partial charge in [-0.25, -0.2) is 20.3 Å². The molecule has 1 heterocycles. The van der Waals surface area contributed by atoms with Gasteiger partial charge in [0.2, 0.25) is 5.91 Å². The SMILES string of the molecule is Bc1ccc(Nc2c(C(=O)NOCCOCCCCC(=O)NO)cc3c(ncn3C)c2F)c(Cl)c1. The van der Waals surface area contributed by atoms with E-state index in [0.717, 1.165) is 5.46 Å². The number of hydroxylamine groups is 2. The summed E-state index contributed by atoms with van der Waals surface area (Å²) in [7, 11) is 3.58. The maximum Gasteiger partial charge on any atom is 0.277 e. The number of hydrogen-bond acceptors (Lipinski definition) is 7. The highest BCUT2D eigenvalue weighted by Gasteiger charge is 2.22. The lowest BCUT2D eigenvalue weighted by molar-refractivity contribution is -0.129. The van der Waals surface area contributed by atoms with Crippen LogP contribution in [0.1, 0.15) is 29.6 Å². The van der Waals surface area contributed by atoms with Crippen molar-refractivity contribution in [2.24, 2.45) is 7.05 Å². The second kappa shape index (κ2) is 12.5. The van der Waals surface area contributed by atoms with Gasteiger partial charge in [-0.15, -0.1) is 0 Å². The molecule has 0 aliphatic heterocycles. The van der Waals surface area contributed by atoms with Crippen molar-refractivity contribution in [2.75, 3.05) is 25.1 Å². The van der Waals surface area contributed by atoms with Crippen LogP contribution < -0.4 is 21.7 Å². The number of halogens is 2. The Morgan fingerprint density at radius 3 is 2.77 bits per heavy atom. The van der Waals surface area contributed by atoms with Crippen molar-refractivity contribution < 1.29 is 28.8 Å². The Labute approximate surface area is 207 Å². The van der Waals surface area contributed by atoms with Gasteiger partial charge in [-0.1, -0.05) is 23.1 Å². The minimum Gasteiger partial charge on any atom is -0.379 e. The van der Waals surface area contributed by atoms with Gasteiger partial charge in [-0.2, -0.15) is 0 Å². The number of carbonyl (C=O) groups excluding carboxylic acids is 2. The fraction of sp³-hybridized carbons (Fsp3) is 0.318. The van der Waals surface area contributed by atoms with E-state index in [0.29, 0.717) is 35.7 Å². The van der Waals surface area contributed by atoms with Gasteiger partial charge in [0.1, 0.15) is 13.4 Å². The number of hydrogen-bond donors (Lipinski definition) is 4. The van der Waals surface area contributed by atoms with E-state index < -0.39 is 17.6 Å². The molecule has 3 rings (SSSR count). The van der Waals surface area contributed by atoms with Crippen LogP contribution in [0.3, 0.4) is 0 Å². The molecule has 0 spiro atoms. The summed E-state index contributed by atoms with van der Waals surface area (Å²) in [4.78, 5) is 33.1. The molecule has 2 aromatic carbocycles. The zero-order valence-corrected chi connectivity index (χ0v) is 20.1. The minimum absolute atomic E-state index is 0.0123. The van der Waals surface area contributed by atoms with Crippen molar-refractivity contribution in [3.8, 4) is 0 Å². The fourth-order valence-corrected chi connectivity index (χ4v) is 3.58. The van der Waals surface area contributed by atoms with E-state index in [2.05, 4.69) is 15.8 Å². The summed E-state index contributed by atoms with van der Waals surface area (Å²) < 4.78 is 22.4. The molecule has 0 bridgehead atoms. The van der Waals surface area contributed by atoms with Gasteiger partial charge in [0, 0.05) is 20.1 Å². The van der Waals surface area contributed by atoms with E-state index >= 15 is 4.39 Å². The second-order valence-corrected chi connectivity index (χ2v) is 8.24. The monoisotopic (exact) mass is 505 g/mol. The predicted octanol–water partition coefficient (Wildman–Crippen LogP) is 1.72. The first-order chi connectivity index (χ1) is 16.8. The first-order valence-corrected chi connectivity index (χ1v) is 11.3. The molecule has 0 atom stereocenters. The van der Waals surface area contributed by atoms with Crippen molar-refractivity contribution in [2.45, 2.75) is 19.3 Å². The van der Waals surface area contributed by atoms with Crippen molar-refractivity contribution in [1.29, 1.82) is 0 Å². The van der Waals surface area contributed by atoms with Gasteiger partial charge in [0.05, 0.1) is 47.0 Å². The largest absolute Gasteiger partial charge is 0.379 e. The molecule has 4 N–H and O–H groups in total. The Hall–Kier alpha value is -3.19. The lowest BCUT2D eigenvalue weighted by Gasteiger charge is -2.15. The molecule has 1 aromatic heterocycles. The summed E-state index contributed by atoms with van der Waals surface area (Å²) >= 11 is 6.30. The molecule has 13 heteroatoms. The van der Waals surface area contributed by atoms with Gasteiger partial charge in [0.25, 0.3) is 5.91 Å². The van der Waals surface area contributed by atoms with Crippen molar-refractivity contribution in [3.05, 3.63) is 47.0 Å². The maximum atomic E-state index is 15.4. The van der Waals surface area contributed by atoms with E-state index in [1.807, 2.05) is 13.9 Å². The molecule has 186 valence electrons. The number of carbonyl (C=O) groups is 2. The Bertz CT molecular complexity index is 1210.